The van der Waals surface area contributed by atoms with E-state index in [0.717, 1.165) is 70.6 Å². The molecule has 52 heavy (non-hydrogen) atoms. The molecule has 0 bridgehead atoms. The van der Waals surface area contributed by atoms with Gasteiger partial charge in [0.25, 0.3) is 0 Å². The van der Waals surface area contributed by atoms with Gasteiger partial charge in [-0.1, -0.05) is 174 Å². The average molecular weight is 739 g/mol. The van der Waals surface area contributed by atoms with Crippen LogP contribution in [0.3, 0.4) is 0 Å². The summed E-state index contributed by atoms with van der Waals surface area (Å²) in [5, 5.41) is 41.2. The van der Waals surface area contributed by atoms with Crippen LogP contribution in [0.1, 0.15) is 206 Å². The molecule has 0 aromatic rings. The van der Waals surface area contributed by atoms with Crippen molar-refractivity contribution >= 4 is 11.9 Å². The van der Waals surface area contributed by atoms with E-state index in [1.54, 1.807) is 6.08 Å². The van der Waals surface area contributed by atoms with Gasteiger partial charge in [-0.25, -0.2) is 0 Å². The van der Waals surface area contributed by atoms with Gasteiger partial charge in [0.2, 0.25) is 0 Å². The molecule has 0 saturated heterocycles. The molecule has 4 N–H and O–H groups in total. The predicted molar refractivity (Wildman–Crippen MR) is 212 cm³/mol. The lowest BCUT2D eigenvalue weighted by atomic mass is 9.88. The fourth-order valence-corrected chi connectivity index (χ4v) is 7.48. The molecular weight excluding hydrogens is 656 g/mol. The summed E-state index contributed by atoms with van der Waals surface area (Å²) in [5.41, 5.74) is 0. The van der Waals surface area contributed by atoms with Gasteiger partial charge in [-0.3, -0.25) is 9.59 Å². The second-order valence-corrected chi connectivity index (χ2v) is 15.8. The number of carbonyl (C=O) groups is 2. The molecular formula is C44H82O8. The van der Waals surface area contributed by atoms with Crippen molar-refractivity contribution in [2.75, 3.05) is 13.2 Å². The highest BCUT2D eigenvalue weighted by Crippen LogP contribution is 2.37. The maximum atomic E-state index is 12.1. The lowest BCUT2D eigenvalue weighted by Gasteiger charge is -2.21. The van der Waals surface area contributed by atoms with Crippen molar-refractivity contribution in [2.24, 2.45) is 11.8 Å². The molecule has 1 fully saturated rings. The van der Waals surface area contributed by atoms with Crippen LogP contribution in [0.25, 0.3) is 0 Å². The predicted octanol–water partition coefficient (Wildman–Crippen LogP) is 10.1. The van der Waals surface area contributed by atoms with Gasteiger partial charge in [0.05, 0.1) is 18.3 Å². The van der Waals surface area contributed by atoms with Crippen LogP contribution in [-0.2, 0) is 19.1 Å². The van der Waals surface area contributed by atoms with Crippen molar-refractivity contribution in [3.05, 3.63) is 12.2 Å². The molecule has 1 aliphatic rings. The largest absolute Gasteiger partial charge is 0.463 e. The highest BCUT2D eigenvalue weighted by atomic mass is 16.6. The van der Waals surface area contributed by atoms with Gasteiger partial charge in [0.1, 0.15) is 19.3 Å². The Labute approximate surface area is 318 Å². The Morgan fingerprint density at radius 3 is 1.44 bits per heavy atom. The fourth-order valence-electron chi connectivity index (χ4n) is 7.48. The minimum absolute atomic E-state index is 0.0293. The Kier molecular flexibility index (Phi) is 31.8. The summed E-state index contributed by atoms with van der Waals surface area (Å²) in [6, 6.07) is 0. The van der Waals surface area contributed by atoms with Gasteiger partial charge in [-0.2, -0.15) is 0 Å². The summed E-state index contributed by atoms with van der Waals surface area (Å²) >= 11 is 0. The summed E-state index contributed by atoms with van der Waals surface area (Å²) in [6.45, 7) is 4.05. The molecule has 306 valence electrons. The molecule has 8 nitrogen and oxygen atoms in total. The van der Waals surface area contributed by atoms with E-state index in [4.69, 9.17) is 9.47 Å². The third-order valence-corrected chi connectivity index (χ3v) is 10.9. The Bertz CT molecular complexity index is 863. The maximum Gasteiger partial charge on any atom is 0.305 e. The van der Waals surface area contributed by atoms with E-state index in [0.29, 0.717) is 19.3 Å². The standard InChI is InChI=1S/C44H82O8/c1-3-5-7-8-9-10-11-12-13-14-15-16-17-18-19-20-21-26-30-43(49)51-35-38(46)36-52-44(50)31-27-23-22-25-29-39-40(42(48)34-41(39)47)33-32-37(45)28-24-6-4-2/h32-33,37-42,45-48H,3-31,34-36H2,1-2H3/b33-32+/t37-,38-,39+,40+,41-,42+/m0/s1. The van der Waals surface area contributed by atoms with Gasteiger partial charge >= 0.3 is 11.9 Å². The number of rotatable bonds is 36. The average Bonchev–Trinajstić information content (AvgIpc) is 3.40. The van der Waals surface area contributed by atoms with E-state index < -0.39 is 24.4 Å². The molecule has 0 heterocycles. The van der Waals surface area contributed by atoms with Crippen molar-refractivity contribution in [3.63, 3.8) is 0 Å². The minimum atomic E-state index is -1.03. The Balaban J connectivity index is 1.96. The smallest absolute Gasteiger partial charge is 0.305 e. The van der Waals surface area contributed by atoms with E-state index in [9.17, 15) is 30.0 Å². The molecule has 8 heteroatoms. The zero-order chi connectivity index (χ0) is 38.1. The van der Waals surface area contributed by atoms with Crippen molar-refractivity contribution < 1.29 is 39.5 Å². The summed E-state index contributed by atoms with van der Waals surface area (Å²) in [5.74, 6) is -0.867. The van der Waals surface area contributed by atoms with Crippen molar-refractivity contribution in [1.29, 1.82) is 0 Å². The van der Waals surface area contributed by atoms with E-state index >= 15 is 0 Å². The van der Waals surface area contributed by atoms with Crippen molar-refractivity contribution in [3.8, 4) is 0 Å². The third-order valence-electron chi connectivity index (χ3n) is 10.9. The Morgan fingerprint density at radius 1 is 0.577 bits per heavy atom. The first-order valence-electron chi connectivity index (χ1n) is 22.0. The Morgan fingerprint density at radius 2 is 0.981 bits per heavy atom. The number of hydrogen-bond acceptors (Lipinski definition) is 8. The molecule has 0 aliphatic heterocycles. The van der Waals surface area contributed by atoms with Crippen LogP contribution in [-0.4, -0.2) is 70.0 Å². The van der Waals surface area contributed by atoms with E-state index in [2.05, 4.69) is 13.8 Å². The minimum Gasteiger partial charge on any atom is -0.463 e. The number of esters is 2. The van der Waals surface area contributed by atoms with Crippen LogP contribution in [0, 0.1) is 11.8 Å². The first-order chi connectivity index (χ1) is 25.3. The molecule has 1 saturated carbocycles. The quantitative estimate of drug-likeness (QED) is 0.0284. The zero-order valence-electron chi connectivity index (χ0n) is 33.7. The van der Waals surface area contributed by atoms with Crippen LogP contribution in [0.5, 0.6) is 0 Å². The molecule has 0 aromatic carbocycles. The lowest BCUT2D eigenvalue weighted by Crippen LogP contribution is -2.25. The SMILES string of the molecule is CCCCCCCCCCCCCCCCCCCCC(=O)OC[C@H](O)COC(=O)CCCCCC[C@@H]1[C@@H](/C=C/[C@@H](O)CCCCC)[C@H](O)C[C@@H]1O. The van der Waals surface area contributed by atoms with E-state index in [1.807, 2.05) is 6.08 Å². The second kappa shape index (κ2) is 34.0. The van der Waals surface area contributed by atoms with E-state index in [-0.39, 0.29) is 43.4 Å². The van der Waals surface area contributed by atoms with E-state index in [1.165, 1.54) is 96.3 Å². The second-order valence-electron chi connectivity index (χ2n) is 15.8. The highest BCUT2D eigenvalue weighted by molar-refractivity contribution is 5.69. The van der Waals surface area contributed by atoms with Crippen LogP contribution in [0.4, 0.5) is 0 Å². The molecule has 0 spiro atoms. The maximum absolute atomic E-state index is 12.1. The number of carbonyl (C=O) groups excluding carboxylic acids is 2. The molecule has 0 amide bonds. The Hall–Kier alpha value is -1.48. The molecule has 0 aromatic heterocycles. The number of aliphatic hydroxyl groups is 4. The summed E-state index contributed by atoms with van der Waals surface area (Å²) in [6.07, 6.45) is 33.4. The first kappa shape index (κ1) is 48.5. The van der Waals surface area contributed by atoms with Gasteiger partial charge in [0, 0.05) is 25.2 Å². The number of hydrogen-bond donors (Lipinski definition) is 4. The monoisotopic (exact) mass is 739 g/mol. The normalized spacial score (nSPS) is 20.0. The summed E-state index contributed by atoms with van der Waals surface area (Å²) < 4.78 is 10.3. The summed E-state index contributed by atoms with van der Waals surface area (Å²) in [7, 11) is 0. The highest BCUT2D eigenvalue weighted by Gasteiger charge is 2.39. The topological polar surface area (TPSA) is 134 Å². The van der Waals surface area contributed by atoms with Gasteiger partial charge in [0.15, 0.2) is 0 Å². The fraction of sp³-hybridized carbons (Fsp3) is 0.909. The van der Waals surface area contributed by atoms with Crippen molar-refractivity contribution in [1.82, 2.24) is 0 Å². The molecule has 6 atom stereocenters. The van der Waals surface area contributed by atoms with Crippen LogP contribution in [0.2, 0.25) is 0 Å². The van der Waals surface area contributed by atoms with Gasteiger partial charge < -0.3 is 29.9 Å². The number of unbranched alkanes of at least 4 members (excludes halogenated alkanes) is 22. The van der Waals surface area contributed by atoms with Crippen LogP contribution >= 0.6 is 0 Å². The van der Waals surface area contributed by atoms with Gasteiger partial charge in [-0.05, 0) is 31.6 Å². The van der Waals surface area contributed by atoms with Crippen LogP contribution in [0.15, 0.2) is 12.2 Å². The number of ether oxygens (including phenoxy) is 2. The lowest BCUT2D eigenvalue weighted by molar-refractivity contribution is -0.152. The molecule has 1 aliphatic carbocycles. The molecule has 0 unspecified atom stereocenters. The third kappa shape index (κ3) is 27.2. The summed E-state index contributed by atoms with van der Waals surface area (Å²) in [4.78, 5) is 24.2. The number of aliphatic hydroxyl groups excluding tert-OH is 4. The van der Waals surface area contributed by atoms with Crippen LogP contribution < -0.4 is 0 Å². The van der Waals surface area contributed by atoms with Gasteiger partial charge in [-0.15, -0.1) is 0 Å². The molecule has 0 radical (unpaired) electrons. The zero-order valence-corrected chi connectivity index (χ0v) is 33.7. The molecule has 1 rings (SSSR count). The van der Waals surface area contributed by atoms with Crippen molar-refractivity contribution in [2.45, 2.75) is 231 Å². The first-order valence-corrected chi connectivity index (χ1v) is 22.0.